The van der Waals surface area contributed by atoms with Crippen molar-refractivity contribution < 1.29 is 37.3 Å². The van der Waals surface area contributed by atoms with Crippen LogP contribution in [-0.4, -0.2) is 0 Å². The van der Waals surface area contributed by atoms with Crippen molar-refractivity contribution in [1.82, 2.24) is 0 Å². The molecule has 0 bridgehead atoms. The minimum Gasteiger partial charge on any atom is -0.455 e. The Morgan fingerprint density at radius 1 is 0.361 bits per heavy atom. The monoisotopic (exact) mass is 807 g/mol. The molecule has 4 heteroatoms. The topological polar surface area (TPSA) is 22.9 Å². The number of nitrogens with zero attached hydrogens (tertiary/aromatic N) is 3. The highest BCUT2D eigenvalue weighted by Crippen LogP contribution is 2.47. The van der Waals surface area contributed by atoms with E-state index in [4.69, 9.17) is 26.3 Å². The highest BCUT2D eigenvalue weighted by Gasteiger charge is 2.24. The average molecular weight is 808 g/mol. The quantitative estimate of drug-likeness (QED) is 0.136. The summed E-state index contributed by atoms with van der Waals surface area (Å²) in [4.78, 5) is 2.75. The predicted molar refractivity (Wildman–Crippen MR) is 258 cm³/mol. The number of anilines is 9. The van der Waals surface area contributed by atoms with Crippen LogP contribution in [-0.2, 0) is 0 Å². The van der Waals surface area contributed by atoms with Crippen molar-refractivity contribution in [2.75, 3.05) is 14.7 Å². The van der Waals surface area contributed by atoms with Crippen LogP contribution in [0.15, 0.2) is 234 Å². The summed E-state index contributed by atoms with van der Waals surface area (Å²) in [5.41, 5.74) is -3.91. The zero-order chi connectivity index (χ0) is 61.6. The molecule has 61 heavy (non-hydrogen) atoms. The van der Waals surface area contributed by atoms with Crippen molar-refractivity contribution in [2.24, 2.45) is 0 Å². The van der Waals surface area contributed by atoms with Gasteiger partial charge in [-0.3, -0.25) is 0 Å². The molecule has 0 atom stereocenters. The van der Waals surface area contributed by atoms with E-state index in [0.717, 1.165) is 33.9 Å². The summed E-state index contributed by atoms with van der Waals surface area (Å²) in [7, 11) is 0. The summed E-state index contributed by atoms with van der Waals surface area (Å²) in [6, 6.07) is 2.01. The fourth-order valence-electron chi connectivity index (χ4n) is 7.67. The van der Waals surface area contributed by atoms with Gasteiger partial charge >= 0.3 is 0 Å². The molecule has 0 saturated heterocycles. The van der Waals surface area contributed by atoms with Crippen LogP contribution < -0.4 is 14.7 Å². The molecule has 0 saturated carbocycles. The van der Waals surface area contributed by atoms with Crippen LogP contribution in [0.2, 0.25) is 0 Å². The van der Waals surface area contributed by atoms with Gasteiger partial charge in [-0.2, -0.15) is 0 Å². The lowest BCUT2D eigenvalue weighted by Crippen LogP contribution is -2.16. The Bertz CT molecular complexity index is 4590. The van der Waals surface area contributed by atoms with E-state index in [9.17, 15) is 11.0 Å². The van der Waals surface area contributed by atoms with Gasteiger partial charge in [0.2, 0.25) is 0 Å². The summed E-state index contributed by atoms with van der Waals surface area (Å²) in [5.74, 6) is 0. The third kappa shape index (κ3) is 6.33. The Morgan fingerprint density at radius 2 is 0.852 bits per heavy atom. The van der Waals surface area contributed by atoms with Crippen molar-refractivity contribution in [3.05, 3.63) is 236 Å². The molecule has 0 aliphatic heterocycles. The fraction of sp³-hybridized carbons (Fsp3) is 0.0175. The molecule has 11 rings (SSSR count). The summed E-state index contributed by atoms with van der Waals surface area (Å²) >= 11 is 0. The molecular weight excluding hydrogens is 743 g/mol. The van der Waals surface area contributed by atoms with Crippen molar-refractivity contribution >= 4 is 94.7 Å². The highest BCUT2D eigenvalue weighted by atomic mass is 16.3. The van der Waals surface area contributed by atoms with E-state index < -0.39 is 185 Å². The van der Waals surface area contributed by atoms with Crippen molar-refractivity contribution in [3.63, 3.8) is 0 Å². The van der Waals surface area contributed by atoms with Crippen LogP contribution in [0.25, 0.3) is 43.5 Å². The molecule has 0 N–H and O–H groups in total. The van der Waals surface area contributed by atoms with Gasteiger partial charge in [-0.1, -0.05) is 133 Å². The molecule has 0 radical (unpaired) electrons. The Hall–Kier alpha value is -8.08. The van der Waals surface area contributed by atoms with Crippen molar-refractivity contribution in [1.29, 1.82) is 0 Å². The number of hydrogen-bond donors (Lipinski definition) is 0. The van der Waals surface area contributed by atoms with E-state index in [-0.39, 0.29) is 16.9 Å². The molecule has 1 heterocycles. The van der Waals surface area contributed by atoms with Crippen LogP contribution in [0.1, 0.15) is 38.5 Å². The lowest BCUT2D eigenvalue weighted by Gasteiger charge is -2.33. The molecule has 290 valence electrons. The second-order valence-electron chi connectivity index (χ2n) is 13.6. The first-order valence-electron chi connectivity index (χ1n) is 30.8. The Balaban J connectivity index is 1.29. The van der Waals surface area contributed by atoms with E-state index in [1.807, 2.05) is 42.5 Å². The summed E-state index contributed by atoms with van der Waals surface area (Å²) in [6.45, 7) is 1.36. The molecular formula is C57H41N3O. The first kappa shape index (κ1) is 18.9. The van der Waals surface area contributed by atoms with Crippen molar-refractivity contribution in [2.45, 2.75) is 6.92 Å². The summed E-state index contributed by atoms with van der Waals surface area (Å²) in [5, 5.41) is 4.17. The van der Waals surface area contributed by atoms with E-state index in [1.54, 1.807) is 24.3 Å². The summed E-state index contributed by atoms with van der Waals surface area (Å²) < 4.78 is 223. The first-order valence-corrected chi connectivity index (χ1v) is 18.8. The van der Waals surface area contributed by atoms with Gasteiger partial charge in [-0.05, 0) is 125 Å². The molecule has 0 fully saturated rings. The standard InChI is InChI=1S/C57H41N3O/c1-40-53(59(43-24-10-4-11-25-43)46-29-18-28-45(38-46)58(41-20-6-2-7-21-41)42-22-8-3-9-23-42)33-19-34-54(40)60(44-26-12-5-13-27-44)47-36-37-49-48-30-14-15-31-50(48)57-56(52(49)39-47)51-32-16-17-35-55(51)61-57/h2-39H,1H3/i2D,3D,4D,5D,6D,7D,8D,9D,10D,11D,12D,13D,18D,19D,20D,21D,22D,23D,24D,25D,26D,27D,29D,33D. The van der Waals surface area contributed by atoms with Gasteiger partial charge < -0.3 is 19.1 Å². The van der Waals surface area contributed by atoms with Gasteiger partial charge in [0.05, 0.1) is 44.3 Å². The van der Waals surface area contributed by atoms with Gasteiger partial charge in [-0.15, -0.1) is 0 Å². The maximum Gasteiger partial charge on any atom is 0.143 e. The van der Waals surface area contributed by atoms with Crippen LogP contribution in [0.3, 0.4) is 0 Å². The SMILES string of the molecule is [2H]c1cc(N(c2c([2H])c([2H])c([2H])c([2H])c2[2H])c2c([2H])c([2H])c([2H])c([2H])c2[2H])cc(N(c2c([2H])c([2H])c([2H])c([2H])c2[2H])c2c([2H])c([2H])cc(N(c3ccc4c5ccccc5c5oc6ccccc6c5c4c3)c3c([2H])c([2H])c([2H])c([2H])c3[2H])c2C)c1[2H]. The second kappa shape index (κ2) is 15.3. The normalized spacial score (nSPS) is 16.9. The zero-order valence-corrected chi connectivity index (χ0v) is 31.8. The van der Waals surface area contributed by atoms with E-state index in [2.05, 4.69) is 0 Å². The minimum atomic E-state index is -0.966. The maximum atomic E-state index is 9.79. The number of para-hydroxylation sites is 5. The minimum absolute atomic E-state index is 0.109. The van der Waals surface area contributed by atoms with Crippen LogP contribution >= 0.6 is 0 Å². The van der Waals surface area contributed by atoms with Gasteiger partial charge in [0, 0.05) is 56.0 Å². The largest absolute Gasteiger partial charge is 0.455 e. The lowest BCUT2D eigenvalue weighted by molar-refractivity contribution is 0.673. The molecule has 11 aromatic rings. The second-order valence-corrected chi connectivity index (χ2v) is 13.6. The molecule has 1 aromatic heterocycles. The van der Waals surface area contributed by atoms with Gasteiger partial charge in [0.15, 0.2) is 0 Å². The Morgan fingerprint density at radius 3 is 1.49 bits per heavy atom. The number of furan rings is 1. The number of fused-ring (bicyclic) bond motifs is 8. The third-order valence-corrected chi connectivity index (χ3v) is 10.2. The molecule has 10 aromatic carbocycles. The first-order chi connectivity index (χ1) is 40.1. The smallest absolute Gasteiger partial charge is 0.143 e. The van der Waals surface area contributed by atoms with E-state index in [0.29, 0.717) is 37.6 Å². The molecule has 4 nitrogen and oxygen atoms in total. The third-order valence-electron chi connectivity index (χ3n) is 10.2. The van der Waals surface area contributed by atoms with Crippen LogP contribution in [0, 0.1) is 6.92 Å². The Kier molecular flexibility index (Phi) is 4.72. The lowest BCUT2D eigenvalue weighted by atomic mass is 9.96. The van der Waals surface area contributed by atoms with Crippen LogP contribution in [0.5, 0.6) is 0 Å². The number of hydrogen-bond acceptors (Lipinski definition) is 4. The van der Waals surface area contributed by atoms with Gasteiger partial charge in [0.1, 0.15) is 11.2 Å². The molecule has 0 aliphatic carbocycles. The van der Waals surface area contributed by atoms with Crippen LogP contribution in [0.4, 0.5) is 51.2 Å². The van der Waals surface area contributed by atoms with Gasteiger partial charge in [-0.25, -0.2) is 0 Å². The molecule has 0 amide bonds. The molecule has 0 spiro atoms. The fourth-order valence-corrected chi connectivity index (χ4v) is 7.67. The molecule has 0 unspecified atom stereocenters. The van der Waals surface area contributed by atoms with E-state index in [1.165, 1.54) is 11.8 Å². The average Bonchev–Trinajstić information content (AvgIpc) is 1.75. The Labute approximate surface area is 389 Å². The highest BCUT2D eigenvalue weighted by molar-refractivity contribution is 6.30. The van der Waals surface area contributed by atoms with Crippen molar-refractivity contribution in [3.8, 4) is 0 Å². The zero-order valence-electron chi connectivity index (χ0n) is 55.8. The maximum absolute atomic E-state index is 9.79. The predicted octanol–water partition coefficient (Wildman–Crippen LogP) is 16.6. The number of rotatable bonds is 9. The summed E-state index contributed by atoms with van der Waals surface area (Å²) in [6.07, 6.45) is 0. The van der Waals surface area contributed by atoms with E-state index >= 15 is 0 Å². The van der Waals surface area contributed by atoms with Gasteiger partial charge in [0.25, 0.3) is 0 Å². The molecule has 0 aliphatic rings. The number of benzene rings is 10.